The summed E-state index contributed by atoms with van der Waals surface area (Å²) in [6, 6.07) is 6.89. The first-order valence-corrected chi connectivity index (χ1v) is 7.60. The Labute approximate surface area is 131 Å². The van der Waals surface area contributed by atoms with Crippen LogP contribution in [0.2, 0.25) is 0 Å². The largest absolute Gasteiger partial charge is 0.507 e. The minimum atomic E-state index is -0.449. The summed E-state index contributed by atoms with van der Waals surface area (Å²) in [5.41, 5.74) is 1.22. The van der Waals surface area contributed by atoms with Crippen molar-refractivity contribution in [3.8, 4) is 17.0 Å². The van der Waals surface area contributed by atoms with E-state index in [1.54, 1.807) is 23.6 Å². The Morgan fingerprint density at radius 2 is 2.23 bits per heavy atom. The molecule has 3 rings (SSSR count). The molecular weight excluding hydrogens is 304 g/mol. The summed E-state index contributed by atoms with van der Waals surface area (Å²) in [6.07, 6.45) is 0.137. The normalized spacial score (nSPS) is 17.8. The Balaban J connectivity index is 1.84. The van der Waals surface area contributed by atoms with Gasteiger partial charge in [-0.25, -0.2) is 4.98 Å². The van der Waals surface area contributed by atoms with Crippen molar-refractivity contribution in [3.05, 3.63) is 29.6 Å². The summed E-state index contributed by atoms with van der Waals surface area (Å²) in [7, 11) is 1.31. The van der Waals surface area contributed by atoms with E-state index >= 15 is 0 Å². The van der Waals surface area contributed by atoms with Crippen LogP contribution in [0.25, 0.3) is 11.3 Å². The third-order valence-corrected chi connectivity index (χ3v) is 4.43. The van der Waals surface area contributed by atoms with Crippen molar-refractivity contribution >= 4 is 28.3 Å². The molecule has 1 N–H and O–H groups in total. The molecule has 1 amide bonds. The minimum Gasteiger partial charge on any atom is -0.507 e. The van der Waals surface area contributed by atoms with Crippen molar-refractivity contribution in [1.82, 2.24) is 4.98 Å². The van der Waals surface area contributed by atoms with Crippen LogP contribution in [0, 0.1) is 5.92 Å². The molecule has 6 nitrogen and oxygen atoms in total. The number of carbonyl (C=O) groups excluding carboxylic acids is 2. The van der Waals surface area contributed by atoms with Crippen LogP contribution in [0.15, 0.2) is 29.6 Å². The number of benzene rings is 1. The number of rotatable bonds is 3. The topological polar surface area (TPSA) is 79.7 Å². The van der Waals surface area contributed by atoms with Gasteiger partial charge in [-0.2, -0.15) is 0 Å². The molecule has 0 bridgehead atoms. The van der Waals surface area contributed by atoms with Gasteiger partial charge in [-0.3, -0.25) is 14.5 Å². The number of para-hydroxylation sites is 1. The van der Waals surface area contributed by atoms with Gasteiger partial charge < -0.3 is 9.84 Å². The van der Waals surface area contributed by atoms with Gasteiger partial charge in [0.15, 0.2) is 5.13 Å². The second-order valence-electron chi connectivity index (χ2n) is 4.96. The lowest BCUT2D eigenvalue weighted by Gasteiger charge is -2.12. The van der Waals surface area contributed by atoms with Crippen molar-refractivity contribution in [3.63, 3.8) is 0 Å². The number of hydrogen-bond acceptors (Lipinski definition) is 6. The molecule has 0 saturated carbocycles. The van der Waals surface area contributed by atoms with Crippen LogP contribution in [0.3, 0.4) is 0 Å². The second-order valence-corrected chi connectivity index (χ2v) is 5.80. The Bertz CT molecular complexity index is 728. The molecule has 0 radical (unpaired) electrons. The van der Waals surface area contributed by atoms with Gasteiger partial charge in [0.05, 0.1) is 18.7 Å². The van der Waals surface area contributed by atoms with E-state index in [9.17, 15) is 14.7 Å². The number of phenols is 1. The van der Waals surface area contributed by atoms with Gasteiger partial charge in [-0.15, -0.1) is 11.3 Å². The van der Waals surface area contributed by atoms with Crippen LogP contribution in [0.1, 0.15) is 6.42 Å². The lowest BCUT2D eigenvalue weighted by atomic mass is 10.1. The minimum absolute atomic E-state index is 0.137. The Kier molecular flexibility index (Phi) is 3.81. The maximum Gasteiger partial charge on any atom is 0.311 e. The predicted molar refractivity (Wildman–Crippen MR) is 81.7 cm³/mol. The number of ether oxygens (including phenoxy) is 1. The summed E-state index contributed by atoms with van der Waals surface area (Å²) in [6.45, 7) is 0.277. The molecule has 1 aliphatic heterocycles. The number of carbonyl (C=O) groups is 2. The number of anilines is 1. The number of phenolic OH excluding ortho intramolecular Hbond substituents is 1. The molecule has 114 valence electrons. The third-order valence-electron chi connectivity index (χ3n) is 3.56. The van der Waals surface area contributed by atoms with Crippen LogP contribution in [-0.4, -0.2) is 35.6 Å². The molecule has 22 heavy (non-hydrogen) atoms. The predicted octanol–water partition coefficient (Wildman–Crippen LogP) is 2.04. The molecule has 1 aliphatic rings. The van der Waals surface area contributed by atoms with Crippen LogP contribution in [0.4, 0.5) is 5.13 Å². The van der Waals surface area contributed by atoms with E-state index in [0.717, 1.165) is 0 Å². The Hall–Kier alpha value is -2.41. The van der Waals surface area contributed by atoms with E-state index < -0.39 is 5.92 Å². The number of amides is 1. The van der Waals surface area contributed by atoms with Gasteiger partial charge in [-0.05, 0) is 12.1 Å². The first-order valence-electron chi connectivity index (χ1n) is 6.72. The van der Waals surface area contributed by atoms with Crippen molar-refractivity contribution in [2.24, 2.45) is 5.92 Å². The monoisotopic (exact) mass is 318 g/mol. The summed E-state index contributed by atoms with van der Waals surface area (Å²) in [4.78, 5) is 29.5. The quantitative estimate of drug-likeness (QED) is 0.876. The van der Waals surface area contributed by atoms with Gasteiger partial charge in [-0.1, -0.05) is 12.1 Å². The number of methoxy groups -OCH3 is 1. The Morgan fingerprint density at radius 1 is 1.45 bits per heavy atom. The summed E-state index contributed by atoms with van der Waals surface area (Å²) < 4.78 is 4.69. The van der Waals surface area contributed by atoms with Crippen molar-refractivity contribution in [2.45, 2.75) is 6.42 Å². The fourth-order valence-corrected chi connectivity index (χ4v) is 3.27. The second kappa shape index (κ2) is 5.76. The number of nitrogens with zero attached hydrogens (tertiary/aromatic N) is 2. The van der Waals surface area contributed by atoms with Gasteiger partial charge in [0.1, 0.15) is 5.75 Å². The summed E-state index contributed by atoms with van der Waals surface area (Å²) in [5, 5.41) is 12.2. The van der Waals surface area contributed by atoms with E-state index in [0.29, 0.717) is 16.4 Å². The number of aromatic nitrogens is 1. The van der Waals surface area contributed by atoms with E-state index in [1.165, 1.54) is 23.3 Å². The van der Waals surface area contributed by atoms with Gasteiger partial charge in [0.25, 0.3) is 0 Å². The van der Waals surface area contributed by atoms with Gasteiger partial charge in [0, 0.05) is 23.9 Å². The zero-order chi connectivity index (χ0) is 15.7. The number of aromatic hydroxyl groups is 1. The summed E-state index contributed by atoms with van der Waals surface area (Å²) >= 11 is 1.31. The number of thiazole rings is 1. The van der Waals surface area contributed by atoms with Gasteiger partial charge >= 0.3 is 5.97 Å². The molecule has 1 saturated heterocycles. The molecule has 1 atom stereocenters. The number of esters is 1. The third kappa shape index (κ3) is 2.55. The molecule has 1 fully saturated rings. The first-order chi connectivity index (χ1) is 10.6. The molecule has 2 heterocycles. The molecule has 2 aromatic rings. The van der Waals surface area contributed by atoms with E-state index in [1.807, 2.05) is 6.07 Å². The highest BCUT2D eigenvalue weighted by Gasteiger charge is 2.37. The Morgan fingerprint density at radius 3 is 2.95 bits per heavy atom. The molecule has 1 unspecified atom stereocenters. The molecule has 0 spiro atoms. The van der Waals surface area contributed by atoms with Crippen molar-refractivity contribution in [1.29, 1.82) is 0 Å². The molecular formula is C15H14N2O4S. The zero-order valence-electron chi connectivity index (χ0n) is 11.9. The van der Waals surface area contributed by atoms with Crippen LogP contribution >= 0.6 is 11.3 Å². The van der Waals surface area contributed by atoms with Crippen LogP contribution < -0.4 is 4.90 Å². The maximum atomic E-state index is 12.1. The molecule has 7 heteroatoms. The molecule has 0 aliphatic carbocycles. The standard InChI is InChI=1S/C15H14N2O4S/c1-21-14(20)9-6-13(19)17(7-9)15-16-11(8-22-15)10-4-2-3-5-12(10)18/h2-5,8-9,18H,6-7H2,1H3. The highest BCUT2D eigenvalue weighted by atomic mass is 32.1. The molecule has 1 aromatic heterocycles. The van der Waals surface area contributed by atoms with Gasteiger partial charge in [0.2, 0.25) is 5.91 Å². The number of hydrogen-bond donors (Lipinski definition) is 1. The fraction of sp³-hybridized carbons (Fsp3) is 0.267. The van der Waals surface area contributed by atoms with Crippen molar-refractivity contribution in [2.75, 3.05) is 18.6 Å². The fourth-order valence-electron chi connectivity index (χ4n) is 2.42. The maximum absolute atomic E-state index is 12.1. The summed E-state index contributed by atoms with van der Waals surface area (Å²) in [5.74, 6) is -0.837. The average molecular weight is 318 g/mol. The van der Waals surface area contributed by atoms with Crippen molar-refractivity contribution < 1.29 is 19.4 Å². The lowest BCUT2D eigenvalue weighted by molar-refractivity contribution is -0.145. The van der Waals surface area contributed by atoms with Crippen LogP contribution in [0.5, 0.6) is 5.75 Å². The first kappa shape index (κ1) is 14.5. The van der Waals surface area contributed by atoms with E-state index in [2.05, 4.69) is 9.72 Å². The van der Waals surface area contributed by atoms with E-state index in [-0.39, 0.29) is 30.6 Å². The van der Waals surface area contributed by atoms with E-state index in [4.69, 9.17) is 0 Å². The SMILES string of the molecule is COC(=O)C1CC(=O)N(c2nc(-c3ccccc3O)cs2)C1. The zero-order valence-corrected chi connectivity index (χ0v) is 12.7. The smallest absolute Gasteiger partial charge is 0.311 e. The van der Waals surface area contributed by atoms with Crippen LogP contribution in [-0.2, 0) is 14.3 Å². The highest BCUT2D eigenvalue weighted by Crippen LogP contribution is 2.34. The molecule has 1 aromatic carbocycles. The highest BCUT2D eigenvalue weighted by molar-refractivity contribution is 7.14. The lowest BCUT2D eigenvalue weighted by Crippen LogP contribution is -2.26. The average Bonchev–Trinajstić information content (AvgIpc) is 3.13.